The number of halogens is 2. The summed E-state index contributed by atoms with van der Waals surface area (Å²) in [6.07, 6.45) is 0. The first-order valence-electron chi connectivity index (χ1n) is 9.56. The second-order valence-corrected chi connectivity index (χ2v) is 9.63. The number of carbonyl (C=O) groups excluding carboxylic acids is 2. The van der Waals surface area contributed by atoms with Crippen LogP contribution in [0.25, 0.3) is 0 Å². The lowest BCUT2D eigenvalue weighted by atomic mass is 10.2. The minimum absolute atomic E-state index is 0.0541. The number of urea groups is 1. The molecule has 8 nitrogen and oxygen atoms in total. The molecule has 3 rings (SSSR count). The summed E-state index contributed by atoms with van der Waals surface area (Å²) in [7, 11) is -3.74. The molecule has 2 N–H and O–H groups in total. The van der Waals surface area contributed by atoms with Crippen LogP contribution in [0.2, 0.25) is 10.0 Å². The predicted octanol–water partition coefficient (Wildman–Crippen LogP) is 2.33. The molecular weight excluding hydrogens is 463 g/mol. The van der Waals surface area contributed by atoms with E-state index in [1.165, 1.54) is 27.4 Å². The highest BCUT2D eigenvalue weighted by molar-refractivity contribution is 7.89. The Morgan fingerprint density at radius 3 is 2.23 bits per heavy atom. The van der Waals surface area contributed by atoms with Gasteiger partial charge >= 0.3 is 6.03 Å². The molecule has 1 saturated heterocycles. The summed E-state index contributed by atoms with van der Waals surface area (Å²) in [5.41, 5.74) is 0.947. The van der Waals surface area contributed by atoms with Crippen LogP contribution in [0.5, 0.6) is 0 Å². The zero-order valence-electron chi connectivity index (χ0n) is 16.6. The van der Waals surface area contributed by atoms with Gasteiger partial charge in [-0.3, -0.25) is 4.79 Å². The minimum atomic E-state index is -3.74. The van der Waals surface area contributed by atoms with Gasteiger partial charge in [0.2, 0.25) is 15.9 Å². The molecular formula is C20H22Cl2N4O4S. The van der Waals surface area contributed by atoms with Crippen molar-refractivity contribution in [1.82, 2.24) is 19.8 Å². The van der Waals surface area contributed by atoms with E-state index in [0.29, 0.717) is 6.54 Å². The van der Waals surface area contributed by atoms with Gasteiger partial charge in [0, 0.05) is 32.7 Å². The number of amides is 3. The molecule has 2 aromatic carbocycles. The SMILES string of the molecule is O=C(NCC(=O)N1CCN(S(=O)(=O)c2ccc(Cl)c(Cl)c2)CC1)NCc1ccccc1. The van der Waals surface area contributed by atoms with Crippen LogP contribution in [-0.4, -0.2) is 62.3 Å². The second kappa shape index (κ2) is 10.3. The standard InChI is InChI=1S/C20H22Cl2N4O4S/c21-17-7-6-16(12-18(17)22)31(29,30)26-10-8-25(9-11-26)19(27)14-24-20(28)23-13-15-4-2-1-3-5-15/h1-7,12H,8-11,13-14H2,(H2,23,24,28). The smallest absolute Gasteiger partial charge is 0.315 e. The molecule has 0 saturated carbocycles. The first kappa shape index (κ1) is 23.3. The number of hydrogen-bond donors (Lipinski definition) is 2. The van der Waals surface area contributed by atoms with Crippen LogP contribution in [0.3, 0.4) is 0 Å². The van der Waals surface area contributed by atoms with E-state index in [-0.39, 0.29) is 53.6 Å². The first-order chi connectivity index (χ1) is 14.8. The van der Waals surface area contributed by atoms with Crippen molar-refractivity contribution in [2.24, 2.45) is 0 Å². The number of piperazine rings is 1. The van der Waals surface area contributed by atoms with Gasteiger partial charge in [0.15, 0.2) is 0 Å². The van der Waals surface area contributed by atoms with E-state index in [0.717, 1.165) is 5.56 Å². The molecule has 1 aliphatic heterocycles. The van der Waals surface area contributed by atoms with Gasteiger partial charge in [-0.15, -0.1) is 0 Å². The van der Waals surface area contributed by atoms with E-state index in [4.69, 9.17) is 23.2 Å². The van der Waals surface area contributed by atoms with Crippen molar-refractivity contribution >= 4 is 45.2 Å². The monoisotopic (exact) mass is 484 g/mol. The van der Waals surface area contributed by atoms with Crippen molar-refractivity contribution in [3.63, 3.8) is 0 Å². The summed E-state index contributed by atoms with van der Waals surface area (Å²) in [5.74, 6) is -0.276. The quantitative estimate of drug-likeness (QED) is 0.656. The van der Waals surface area contributed by atoms with E-state index in [1.54, 1.807) is 0 Å². The fourth-order valence-corrected chi connectivity index (χ4v) is 4.88. The number of hydrogen-bond acceptors (Lipinski definition) is 4. The van der Waals surface area contributed by atoms with Crippen LogP contribution < -0.4 is 10.6 Å². The topological polar surface area (TPSA) is 98.8 Å². The summed E-state index contributed by atoms with van der Waals surface area (Å²) < 4.78 is 26.9. The molecule has 0 aliphatic carbocycles. The van der Waals surface area contributed by atoms with E-state index < -0.39 is 16.1 Å². The van der Waals surface area contributed by atoms with Crippen LogP contribution >= 0.6 is 23.2 Å². The van der Waals surface area contributed by atoms with Gasteiger partial charge < -0.3 is 15.5 Å². The lowest BCUT2D eigenvalue weighted by molar-refractivity contribution is -0.131. The molecule has 1 aliphatic rings. The molecule has 166 valence electrons. The summed E-state index contributed by atoms with van der Waals surface area (Å²) in [5, 5.41) is 5.65. The fourth-order valence-electron chi connectivity index (χ4n) is 3.07. The minimum Gasteiger partial charge on any atom is -0.339 e. The van der Waals surface area contributed by atoms with Crippen LogP contribution in [0, 0.1) is 0 Å². The molecule has 31 heavy (non-hydrogen) atoms. The molecule has 1 heterocycles. The van der Waals surface area contributed by atoms with Gasteiger partial charge in [-0.25, -0.2) is 13.2 Å². The molecule has 0 aromatic heterocycles. The van der Waals surface area contributed by atoms with Crippen molar-refractivity contribution in [2.75, 3.05) is 32.7 Å². The lowest BCUT2D eigenvalue weighted by Crippen LogP contribution is -2.53. The lowest BCUT2D eigenvalue weighted by Gasteiger charge is -2.34. The Kier molecular flexibility index (Phi) is 7.77. The molecule has 0 atom stereocenters. The number of nitrogens with zero attached hydrogens (tertiary/aromatic N) is 2. The van der Waals surface area contributed by atoms with Crippen molar-refractivity contribution < 1.29 is 18.0 Å². The maximum Gasteiger partial charge on any atom is 0.315 e. The zero-order chi connectivity index (χ0) is 22.4. The van der Waals surface area contributed by atoms with E-state index in [1.807, 2.05) is 30.3 Å². The third-order valence-electron chi connectivity index (χ3n) is 4.82. The van der Waals surface area contributed by atoms with E-state index >= 15 is 0 Å². The van der Waals surface area contributed by atoms with Gasteiger partial charge in [-0.05, 0) is 23.8 Å². The Bertz CT molecular complexity index is 1040. The Balaban J connectivity index is 1.46. The summed E-state index contributed by atoms with van der Waals surface area (Å²) >= 11 is 11.8. The third-order valence-corrected chi connectivity index (χ3v) is 7.45. The number of benzene rings is 2. The second-order valence-electron chi connectivity index (χ2n) is 6.88. The highest BCUT2D eigenvalue weighted by Gasteiger charge is 2.30. The molecule has 1 fully saturated rings. The molecule has 0 unspecified atom stereocenters. The Morgan fingerprint density at radius 2 is 1.58 bits per heavy atom. The third kappa shape index (κ3) is 6.10. The summed E-state index contributed by atoms with van der Waals surface area (Å²) in [6.45, 7) is 0.939. The normalized spacial score (nSPS) is 14.8. The van der Waals surface area contributed by atoms with Gasteiger partial charge in [-0.2, -0.15) is 4.31 Å². The summed E-state index contributed by atoms with van der Waals surface area (Å²) in [6, 6.07) is 13.1. The zero-order valence-corrected chi connectivity index (χ0v) is 18.9. The number of carbonyl (C=O) groups is 2. The average Bonchev–Trinajstić information content (AvgIpc) is 2.78. The Labute approximate surface area is 191 Å². The molecule has 0 spiro atoms. The highest BCUT2D eigenvalue weighted by Crippen LogP contribution is 2.27. The van der Waals surface area contributed by atoms with Gasteiger partial charge in [-0.1, -0.05) is 53.5 Å². The van der Waals surface area contributed by atoms with Crippen LogP contribution in [0.4, 0.5) is 4.79 Å². The molecule has 11 heteroatoms. The van der Waals surface area contributed by atoms with Crippen molar-refractivity contribution in [2.45, 2.75) is 11.4 Å². The maximum absolute atomic E-state index is 12.8. The highest BCUT2D eigenvalue weighted by atomic mass is 35.5. The van der Waals surface area contributed by atoms with Crippen LogP contribution in [0.15, 0.2) is 53.4 Å². The molecule has 0 bridgehead atoms. The average molecular weight is 485 g/mol. The number of nitrogens with one attached hydrogen (secondary N) is 2. The maximum atomic E-state index is 12.8. The fraction of sp³-hybridized carbons (Fsp3) is 0.300. The van der Waals surface area contributed by atoms with Crippen LogP contribution in [0.1, 0.15) is 5.56 Å². The van der Waals surface area contributed by atoms with E-state index in [2.05, 4.69) is 10.6 Å². The predicted molar refractivity (Wildman–Crippen MR) is 118 cm³/mol. The molecule has 3 amide bonds. The van der Waals surface area contributed by atoms with Gasteiger partial charge in [0.05, 0.1) is 21.5 Å². The van der Waals surface area contributed by atoms with Gasteiger partial charge in [0.1, 0.15) is 0 Å². The van der Waals surface area contributed by atoms with Crippen molar-refractivity contribution in [3.8, 4) is 0 Å². The Hall–Kier alpha value is -2.33. The van der Waals surface area contributed by atoms with Crippen LogP contribution in [-0.2, 0) is 21.4 Å². The van der Waals surface area contributed by atoms with Crippen molar-refractivity contribution in [1.29, 1.82) is 0 Å². The molecule has 2 aromatic rings. The van der Waals surface area contributed by atoms with Gasteiger partial charge in [0.25, 0.3) is 0 Å². The van der Waals surface area contributed by atoms with E-state index in [9.17, 15) is 18.0 Å². The molecule has 0 radical (unpaired) electrons. The largest absolute Gasteiger partial charge is 0.339 e. The Morgan fingerprint density at radius 1 is 0.903 bits per heavy atom. The number of rotatable bonds is 6. The first-order valence-corrected chi connectivity index (χ1v) is 11.8. The van der Waals surface area contributed by atoms with Crippen molar-refractivity contribution in [3.05, 3.63) is 64.1 Å². The summed E-state index contributed by atoms with van der Waals surface area (Å²) in [4.78, 5) is 25.8. The number of sulfonamides is 1.